The number of para-hydroxylation sites is 2. The van der Waals surface area contributed by atoms with Gasteiger partial charge in [-0.15, -0.1) is 0 Å². The number of benzene rings is 6. The lowest BCUT2D eigenvalue weighted by Gasteiger charge is -2.22. The highest BCUT2D eigenvalue weighted by atomic mass is 16.4. The highest BCUT2D eigenvalue weighted by Gasteiger charge is 2.20. The van der Waals surface area contributed by atoms with Gasteiger partial charge in [-0.1, -0.05) is 48.5 Å². The van der Waals surface area contributed by atoms with Gasteiger partial charge in [-0.3, -0.25) is 4.90 Å². The van der Waals surface area contributed by atoms with E-state index in [9.17, 15) is 0 Å². The van der Waals surface area contributed by atoms with Crippen LogP contribution in [0.15, 0.2) is 118 Å². The highest BCUT2D eigenvalue weighted by molar-refractivity contribution is 6.31. The summed E-state index contributed by atoms with van der Waals surface area (Å²) in [7, 11) is 0. The standard InChI is InChI=1S/C33H21NO2/c1-20-16-23-17-21-13-15-28-31-22(12-14-27(30(21)31)32(23)35-20)18-24-19-29(36-33(24)28)34(25-8-4-2-5-9-25)26-10-6-3-7-11-26/h2-19H,1H3. The van der Waals surface area contributed by atoms with Gasteiger partial charge in [0, 0.05) is 49.8 Å². The second-order valence-corrected chi connectivity index (χ2v) is 9.46. The first kappa shape index (κ1) is 19.5. The van der Waals surface area contributed by atoms with Gasteiger partial charge in [0.05, 0.1) is 0 Å². The predicted molar refractivity (Wildman–Crippen MR) is 149 cm³/mol. The zero-order chi connectivity index (χ0) is 23.8. The monoisotopic (exact) mass is 463 g/mol. The van der Waals surface area contributed by atoms with Crippen molar-refractivity contribution in [2.24, 2.45) is 0 Å². The molecular weight excluding hydrogens is 442 g/mol. The van der Waals surface area contributed by atoms with E-state index in [0.717, 1.165) is 55.7 Å². The summed E-state index contributed by atoms with van der Waals surface area (Å²) in [5, 5.41) is 9.38. The second-order valence-electron chi connectivity index (χ2n) is 9.46. The van der Waals surface area contributed by atoms with Crippen molar-refractivity contribution in [2.45, 2.75) is 6.92 Å². The zero-order valence-corrected chi connectivity index (χ0v) is 19.7. The molecule has 0 spiro atoms. The molecular formula is C33H21NO2. The minimum Gasteiger partial charge on any atom is -0.461 e. The quantitative estimate of drug-likeness (QED) is 0.244. The summed E-state index contributed by atoms with van der Waals surface area (Å²) in [6.07, 6.45) is 0. The molecule has 0 aliphatic heterocycles. The van der Waals surface area contributed by atoms with E-state index in [1.165, 1.54) is 21.5 Å². The number of fused-ring (bicyclic) bond motifs is 4. The molecule has 0 amide bonds. The fraction of sp³-hybridized carbons (Fsp3) is 0.0303. The van der Waals surface area contributed by atoms with Crippen molar-refractivity contribution in [1.29, 1.82) is 0 Å². The summed E-state index contributed by atoms with van der Waals surface area (Å²) >= 11 is 0. The Morgan fingerprint density at radius 1 is 0.500 bits per heavy atom. The maximum absolute atomic E-state index is 6.69. The molecule has 3 heteroatoms. The Kier molecular flexibility index (Phi) is 3.87. The SMILES string of the molecule is Cc1cc2cc3ccc4c5oc(N(c6ccccc6)c6ccccc6)cc5cc5ccc(c2o1)c3c54. The Labute approximate surface area is 207 Å². The summed E-state index contributed by atoms with van der Waals surface area (Å²) in [4.78, 5) is 2.17. The van der Waals surface area contributed by atoms with Gasteiger partial charge in [0.25, 0.3) is 0 Å². The molecule has 0 unspecified atom stereocenters. The Bertz CT molecular complexity index is 2010. The van der Waals surface area contributed by atoms with Gasteiger partial charge in [-0.2, -0.15) is 0 Å². The Morgan fingerprint density at radius 3 is 1.61 bits per heavy atom. The lowest BCUT2D eigenvalue weighted by atomic mass is 9.92. The van der Waals surface area contributed by atoms with E-state index in [1.54, 1.807) is 0 Å². The second kappa shape index (κ2) is 7.12. The van der Waals surface area contributed by atoms with Crippen molar-refractivity contribution in [3.05, 3.63) is 115 Å². The molecule has 0 saturated carbocycles. The van der Waals surface area contributed by atoms with Crippen LogP contribution in [0.1, 0.15) is 5.76 Å². The average Bonchev–Trinajstić information content (AvgIpc) is 3.50. The average molecular weight is 464 g/mol. The van der Waals surface area contributed by atoms with Crippen LogP contribution in [-0.4, -0.2) is 0 Å². The van der Waals surface area contributed by atoms with Crippen LogP contribution in [0.2, 0.25) is 0 Å². The van der Waals surface area contributed by atoms with Crippen LogP contribution in [0.4, 0.5) is 17.3 Å². The van der Waals surface area contributed by atoms with E-state index in [-0.39, 0.29) is 0 Å². The molecule has 3 nitrogen and oxygen atoms in total. The number of nitrogens with zero attached hydrogens (tertiary/aromatic N) is 1. The van der Waals surface area contributed by atoms with Crippen LogP contribution in [0, 0.1) is 6.92 Å². The molecule has 8 aromatic rings. The van der Waals surface area contributed by atoms with E-state index in [1.807, 2.05) is 19.1 Å². The Morgan fingerprint density at radius 2 is 1.03 bits per heavy atom. The third kappa shape index (κ3) is 2.68. The molecule has 2 aromatic heterocycles. The normalized spacial score (nSPS) is 12.0. The number of rotatable bonds is 3. The fourth-order valence-electron chi connectivity index (χ4n) is 5.73. The lowest BCUT2D eigenvalue weighted by Crippen LogP contribution is -2.08. The van der Waals surface area contributed by atoms with Crippen molar-refractivity contribution in [3.8, 4) is 0 Å². The van der Waals surface area contributed by atoms with Crippen molar-refractivity contribution in [1.82, 2.24) is 0 Å². The van der Waals surface area contributed by atoms with Crippen molar-refractivity contribution in [2.75, 3.05) is 4.90 Å². The molecule has 36 heavy (non-hydrogen) atoms. The molecule has 0 saturated heterocycles. The van der Waals surface area contributed by atoms with E-state index >= 15 is 0 Å². The highest BCUT2D eigenvalue weighted by Crippen LogP contribution is 2.45. The van der Waals surface area contributed by atoms with E-state index in [0.29, 0.717) is 0 Å². The third-order valence-corrected chi connectivity index (χ3v) is 7.22. The minimum absolute atomic E-state index is 0.793. The van der Waals surface area contributed by atoms with Crippen molar-refractivity contribution in [3.63, 3.8) is 0 Å². The fourth-order valence-corrected chi connectivity index (χ4v) is 5.73. The number of anilines is 3. The zero-order valence-electron chi connectivity index (χ0n) is 19.7. The van der Waals surface area contributed by atoms with Crippen molar-refractivity contribution < 1.29 is 8.83 Å². The maximum atomic E-state index is 6.69. The molecule has 0 aliphatic carbocycles. The van der Waals surface area contributed by atoms with E-state index in [2.05, 4.69) is 102 Å². The van der Waals surface area contributed by atoms with Gasteiger partial charge in [0.1, 0.15) is 16.9 Å². The first-order valence-corrected chi connectivity index (χ1v) is 12.2. The Hall–Kier alpha value is -4.76. The van der Waals surface area contributed by atoms with Crippen LogP contribution in [0.5, 0.6) is 0 Å². The molecule has 2 heterocycles. The molecule has 6 aromatic carbocycles. The van der Waals surface area contributed by atoms with Crippen LogP contribution >= 0.6 is 0 Å². The molecule has 170 valence electrons. The number of hydrogen-bond donors (Lipinski definition) is 0. The van der Waals surface area contributed by atoms with Gasteiger partial charge in [-0.25, -0.2) is 0 Å². The van der Waals surface area contributed by atoms with Gasteiger partial charge in [-0.05, 0) is 72.3 Å². The summed E-state index contributed by atoms with van der Waals surface area (Å²) in [5.74, 6) is 1.72. The molecule has 0 fully saturated rings. The van der Waals surface area contributed by atoms with Crippen LogP contribution < -0.4 is 4.90 Å². The Balaban J connectivity index is 1.44. The molecule has 0 atom stereocenters. The number of furan rings is 2. The van der Waals surface area contributed by atoms with Crippen molar-refractivity contribution >= 4 is 71.5 Å². The largest absolute Gasteiger partial charge is 0.461 e. The lowest BCUT2D eigenvalue weighted by molar-refractivity contribution is 0.581. The smallest absolute Gasteiger partial charge is 0.205 e. The van der Waals surface area contributed by atoms with Gasteiger partial charge in [0.2, 0.25) is 5.88 Å². The maximum Gasteiger partial charge on any atom is 0.205 e. The topological polar surface area (TPSA) is 29.5 Å². The minimum atomic E-state index is 0.793. The first-order chi connectivity index (χ1) is 17.7. The first-order valence-electron chi connectivity index (χ1n) is 12.2. The molecule has 0 bridgehead atoms. The van der Waals surface area contributed by atoms with Gasteiger partial charge < -0.3 is 8.83 Å². The molecule has 0 aliphatic rings. The van der Waals surface area contributed by atoms with E-state index < -0.39 is 0 Å². The number of aryl methyl sites for hydroxylation is 1. The molecule has 0 N–H and O–H groups in total. The van der Waals surface area contributed by atoms with Crippen LogP contribution in [0.25, 0.3) is 54.3 Å². The van der Waals surface area contributed by atoms with Gasteiger partial charge >= 0.3 is 0 Å². The third-order valence-electron chi connectivity index (χ3n) is 7.22. The van der Waals surface area contributed by atoms with Crippen LogP contribution in [0.3, 0.4) is 0 Å². The summed E-state index contributed by atoms with van der Waals surface area (Å²) < 4.78 is 12.8. The summed E-state index contributed by atoms with van der Waals surface area (Å²) in [5.41, 5.74) is 3.97. The number of hydrogen-bond acceptors (Lipinski definition) is 3. The molecule has 0 radical (unpaired) electrons. The molecule has 8 rings (SSSR count). The van der Waals surface area contributed by atoms with E-state index in [4.69, 9.17) is 8.83 Å². The summed E-state index contributed by atoms with van der Waals surface area (Å²) in [6, 6.07) is 38.3. The van der Waals surface area contributed by atoms with Crippen LogP contribution in [-0.2, 0) is 0 Å². The summed E-state index contributed by atoms with van der Waals surface area (Å²) in [6.45, 7) is 2.01. The van der Waals surface area contributed by atoms with Gasteiger partial charge in [0.15, 0.2) is 0 Å². The predicted octanol–water partition coefficient (Wildman–Crippen LogP) is 9.85.